The van der Waals surface area contributed by atoms with Crippen LogP contribution in [0.15, 0.2) is 24.3 Å². The van der Waals surface area contributed by atoms with Gasteiger partial charge in [-0.05, 0) is 17.7 Å². The van der Waals surface area contributed by atoms with Crippen LogP contribution in [0.25, 0.3) is 0 Å². The molecule has 0 saturated carbocycles. The van der Waals surface area contributed by atoms with Crippen molar-refractivity contribution in [1.82, 2.24) is 16.0 Å². The first-order chi connectivity index (χ1) is 9.58. The Bertz CT molecular complexity index is 606. The maximum Gasteiger partial charge on any atom is 0.322 e. The Morgan fingerprint density at radius 1 is 1.40 bits per heavy atom. The summed E-state index contributed by atoms with van der Waals surface area (Å²) in [5.74, 6) is -0.855. The summed E-state index contributed by atoms with van der Waals surface area (Å²) in [4.78, 5) is 33.8. The Hall–Kier alpha value is -2.88. The Morgan fingerprint density at radius 2 is 2.20 bits per heavy atom. The predicted molar refractivity (Wildman–Crippen MR) is 68.1 cm³/mol. The van der Waals surface area contributed by atoms with Crippen LogP contribution >= 0.6 is 0 Å². The third-order valence-electron chi connectivity index (χ3n) is 2.79. The molecule has 1 aliphatic rings. The number of imide groups is 1. The standard InChI is InChI=1S/C13H12N4O3/c14-6-8-2-1-3-9(4-8)7-15-11(18)5-10-12(19)17-13(20)16-10/h1-4,10H,5,7H2,(H,15,18)(H2,16,17,19,20)/t10-/m1/s1. The fourth-order valence-electron chi connectivity index (χ4n) is 1.81. The number of carbonyl (C=O) groups excluding carboxylic acids is 3. The van der Waals surface area contributed by atoms with Crippen molar-refractivity contribution in [3.63, 3.8) is 0 Å². The van der Waals surface area contributed by atoms with E-state index < -0.39 is 18.0 Å². The van der Waals surface area contributed by atoms with Crippen molar-refractivity contribution in [3.8, 4) is 6.07 Å². The zero-order chi connectivity index (χ0) is 14.5. The van der Waals surface area contributed by atoms with Crippen molar-refractivity contribution in [3.05, 3.63) is 35.4 Å². The van der Waals surface area contributed by atoms with E-state index in [1.54, 1.807) is 24.3 Å². The maximum absolute atomic E-state index is 11.7. The minimum atomic E-state index is -0.826. The second kappa shape index (κ2) is 5.84. The van der Waals surface area contributed by atoms with Gasteiger partial charge in [0.15, 0.2) is 0 Å². The van der Waals surface area contributed by atoms with E-state index in [2.05, 4.69) is 16.0 Å². The van der Waals surface area contributed by atoms with Crippen LogP contribution in [0.4, 0.5) is 4.79 Å². The second-order valence-electron chi connectivity index (χ2n) is 4.31. The lowest BCUT2D eigenvalue weighted by molar-refractivity contribution is -0.126. The summed E-state index contributed by atoms with van der Waals surface area (Å²) in [6, 6.07) is 7.45. The summed E-state index contributed by atoms with van der Waals surface area (Å²) in [5, 5.41) is 15.8. The molecule has 2 rings (SSSR count). The molecule has 0 bridgehead atoms. The molecule has 7 heteroatoms. The second-order valence-corrected chi connectivity index (χ2v) is 4.31. The zero-order valence-electron chi connectivity index (χ0n) is 10.5. The molecule has 1 heterocycles. The Labute approximate surface area is 115 Å². The molecule has 20 heavy (non-hydrogen) atoms. The largest absolute Gasteiger partial charge is 0.352 e. The maximum atomic E-state index is 11.7. The SMILES string of the molecule is N#Cc1cccc(CNC(=O)C[C@H]2NC(=O)NC2=O)c1. The molecule has 0 unspecified atom stereocenters. The highest BCUT2D eigenvalue weighted by Crippen LogP contribution is 2.04. The first-order valence-electron chi connectivity index (χ1n) is 5.95. The van der Waals surface area contributed by atoms with Crippen LogP contribution in [0.1, 0.15) is 17.5 Å². The molecule has 0 spiro atoms. The van der Waals surface area contributed by atoms with Crippen LogP contribution < -0.4 is 16.0 Å². The molecule has 1 fully saturated rings. The van der Waals surface area contributed by atoms with Gasteiger partial charge in [-0.3, -0.25) is 14.9 Å². The van der Waals surface area contributed by atoms with Crippen LogP contribution in [0.2, 0.25) is 0 Å². The van der Waals surface area contributed by atoms with Gasteiger partial charge in [-0.25, -0.2) is 4.79 Å². The average molecular weight is 272 g/mol. The van der Waals surface area contributed by atoms with Gasteiger partial charge in [0.2, 0.25) is 5.91 Å². The molecule has 1 aromatic carbocycles. The van der Waals surface area contributed by atoms with E-state index in [1.165, 1.54) is 0 Å². The first kappa shape index (κ1) is 13.5. The number of nitrogens with one attached hydrogen (secondary N) is 3. The highest BCUT2D eigenvalue weighted by molar-refractivity contribution is 6.05. The van der Waals surface area contributed by atoms with Gasteiger partial charge in [-0.15, -0.1) is 0 Å². The summed E-state index contributed by atoms with van der Waals surface area (Å²) >= 11 is 0. The van der Waals surface area contributed by atoms with E-state index in [-0.39, 0.29) is 18.9 Å². The number of rotatable bonds is 4. The van der Waals surface area contributed by atoms with E-state index >= 15 is 0 Å². The fourth-order valence-corrected chi connectivity index (χ4v) is 1.81. The van der Waals surface area contributed by atoms with Crippen molar-refractivity contribution in [1.29, 1.82) is 5.26 Å². The van der Waals surface area contributed by atoms with Gasteiger partial charge in [0.1, 0.15) is 6.04 Å². The Balaban J connectivity index is 1.85. The van der Waals surface area contributed by atoms with Crippen molar-refractivity contribution < 1.29 is 14.4 Å². The van der Waals surface area contributed by atoms with Gasteiger partial charge < -0.3 is 10.6 Å². The molecule has 1 saturated heterocycles. The summed E-state index contributed by atoms with van der Waals surface area (Å²) in [5.41, 5.74) is 1.30. The van der Waals surface area contributed by atoms with Gasteiger partial charge in [0, 0.05) is 6.54 Å². The van der Waals surface area contributed by atoms with Gasteiger partial charge in [0.25, 0.3) is 5.91 Å². The minimum absolute atomic E-state index is 0.116. The number of amides is 4. The summed E-state index contributed by atoms with van der Waals surface area (Å²) in [7, 11) is 0. The summed E-state index contributed by atoms with van der Waals surface area (Å²) < 4.78 is 0. The fraction of sp³-hybridized carbons (Fsp3) is 0.231. The lowest BCUT2D eigenvalue weighted by atomic mass is 10.1. The third-order valence-corrected chi connectivity index (χ3v) is 2.79. The highest BCUT2D eigenvalue weighted by Gasteiger charge is 2.31. The molecule has 0 radical (unpaired) electrons. The minimum Gasteiger partial charge on any atom is -0.352 e. The van der Waals surface area contributed by atoms with E-state index in [0.717, 1.165) is 5.56 Å². The normalized spacial score (nSPS) is 17.1. The number of urea groups is 1. The van der Waals surface area contributed by atoms with E-state index in [9.17, 15) is 14.4 Å². The van der Waals surface area contributed by atoms with Gasteiger partial charge in [-0.2, -0.15) is 5.26 Å². The topological polar surface area (TPSA) is 111 Å². The number of nitrogens with zero attached hydrogens (tertiary/aromatic N) is 1. The van der Waals surface area contributed by atoms with Gasteiger partial charge in [0.05, 0.1) is 18.1 Å². The van der Waals surface area contributed by atoms with E-state index in [1.807, 2.05) is 6.07 Å². The van der Waals surface area contributed by atoms with Gasteiger partial charge in [-0.1, -0.05) is 12.1 Å². The number of hydrogen-bond donors (Lipinski definition) is 3. The molecule has 0 aliphatic carbocycles. The van der Waals surface area contributed by atoms with E-state index in [0.29, 0.717) is 5.56 Å². The Kier molecular flexibility index (Phi) is 3.96. The average Bonchev–Trinajstić information content (AvgIpc) is 2.75. The van der Waals surface area contributed by atoms with Crippen LogP contribution in [-0.4, -0.2) is 23.9 Å². The molecule has 0 aromatic heterocycles. The van der Waals surface area contributed by atoms with Crippen LogP contribution in [0.5, 0.6) is 0 Å². The van der Waals surface area contributed by atoms with E-state index in [4.69, 9.17) is 5.26 Å². The molecule has 102 valence electrons. The number of carbonyl (C=O) groups is 3. The molecule has 1 aliphatic heterocycles. The first-order valence-corrected chi connectivity index (χ1v) is 5.95. The quantitative estimate of drug-likeness (QED) is 0.657. The molecule has 4 amide bonds. The van der Waals surface area contributed by atoms with Crippen molar-refractivity contribution >= 4 is 17.8 Å². The van der Waals surface area contributed by atoms with Crippen molar-refractivity contribution in [2.45, 2.75) is 19.0 Å². The highest BCUT2D eigenvalue weighted by atomic mass is 16.2. The molecular formula is C13H12N4O3. The molecule has 7 nitrogen and oxygen atoms in total. The molecule has 1 aromatic rings. The van der Waals surface area contributed by atoms with Crippen LogP contribution in [-0.2, 0) is 16.1 Å². The number of nitriles is 1. The number of benzene rings is 1. The smallest absolute Gasteiger partial charge is 0.322 e. The summed E-state index contributed by atoms with van der Waals surface area (Å²) in [6.07, 6.45) is -0.116. The monoisotopic (exact) mass is 272 g/mol. The lowest BCUT2D eigenvalue weighted by Gasteiger charge is -2.08. The Morgan fingerprint density at radius 3 is 2.85 bits per heavy atom. The molecule has 3 N–H and O–H groups in total. The molecular weight excluding hydrogens is 260 g/mol. The van der Waals surface area contributed by atoms with Crippen molar-refractivity contribution in [2.75, 3.05) is 0 Å². The zero-order valence-corrected chi connectivity index (χ0v) is 10.5. The van der Waals surface area contributed by atoms with Gasteiger partial charge >= 0.3 is 6.03 Å². The number of hydrogen-bond acceptors (Lipinski definition) is 4. The van der Waals surface area contributed by atoms with Crippen molar-refractivity contribution in [2.24, 2.45) is 0 Å². The third kappa shape index (κ3) is 3.32. The summed E-state index contributed by atoms with van der Waals surface area (Å²) in [6.45, 7) is 0.261. The predicted octanol–water partition coefficient (Wildman–Crippen LogP) is -0.227. The molecule has 1 atom stereocenters. The lowest BCUT2D eigenvalue weighted by Crippen LogP contribution is -2.36. The van der Waals surface area contributed by atoms with Crippen LogP contribution in [0, 0.1) is 11.3 Å². The van der Waals surface area contributed by atoms with Crippen LogP contribution in [0.3, 0.4) is 0 Å².